The minimum atomic E-state index is -0.000417. The summed E-state index contributed by atoms with van der Waals surface area (Å²) in [7, 11) is 2.00. The molecule has 0 atom stereocenters. The second-order valence-electron chi connectivity index (χ2n) is 6.11. The maximum atomic E-state index is 11.6. The highest BCUT2D eigenvalue weighted by atomic mass is 16.5. The molecule has 140 valence electrons. The van der Waals surface area contributed by atoms with Crippen LogP contribution < -0.4 is 15.4 Å². The lowest BCUT2D eigenvalue weighted by Gasteiger charge is -2.22. The number of amides is 1. The maximum Gasteiger partial charge on any atom is 0.222 e. The van der Waals surface area contributed by atoms with Crippen molar-refractivity contribution in [3.05, 3.63) is 29.8 Å². The van der Waals surface area contributed by atoms with E-state index < -0.39 is 0 Å². The molecular weight excluding hydrogens is 316 g/mol. The molecule has 0 heterocycles. The molecule has 6 heteroatoms. The molecular formula is C19H32N4O2. The van der Waals surface area contributed by atoms with E-state index in [1.165, 1.54) is 5.56 Å². The fourth-order valence-electron chi connectivity index (χ4n) is 2.22. The fraction of sp³-hybridized carbons (Fsp3) is 0.579. The van der Waals surface area contributed by atoms with E-state index in [2.05, 4.69) is 32.7 Å². The van der Waals surface area contributed by atoms with Gasteiger partial charge in [-0.25, -0.2) is 0 Å². The van der Waals surface area contributed by atoms with Gasteiger partial charge in [0.2, 0.25) is 5.91 Å². The lowest BCUT2D eigenvalue weighted by Crippen LogP contribution is -2.39. The topological polar surface area (TPSA) is 66.0 Å². The second-order valence-corrected chi connectivity index (χ2v) is 6.11. The Morgan fingerprint density at radius 1 is 1.20 bits per heavy atom. The van der Waals surface area contributed by atoms with E-state index in [0.717, 1.165) is 24.8 Å². The SMILES string of the molecule is CCNC(=NCCNC(=O)C(C)C)N(C)Cc1ccc(OCC)cc1. The van der Waals surface area contributed by atoms with E-state index in [1.807, 2.05) is 46.9 Å². The van der Waals surface area contributed by atoms with Gasteiger partial charge in [-0.3, -0.25) is 9.79 Å². The van der Waals surface area contributed by atoms with Gasteiger partial charge in [-0.15, -0.1) is 0 Å². The second kappa shape index (κ2) is 11.3. The monoisotopic (exact) mass is 348 g/mol. The van der Waals surface area contributed by atoms with Crippen LogP contribution in [0.1, 0.15) is 33.3 Å². The van der Waals surface area contributed by atoms with Crippen molar-refractivity contribution in [1.29, 1.82) is 0 Å². The number of carbonyl (C=O) groups is 1. The Morgan fingerprint density at radius 2 is 1.88 bits per heavy atom. The average molecular weight is 348 g/mol. The molecule has 1 aromatic rings. The van der Waals surface area contributed by atoms with Crippen LogP contribution in [0.2, 0.25) is 0 Å². The Balaban J connectivity index is 2.57. The smallest absolute Gasteiger partial charge is 0.222 e. The quantitative estimate of drug-likeness (QED) is 0.408. The van der Waals surface area contributed by atoms with Crippen LogP contribution in [0.3, 0.4) is 0 Å². The summed E-state index contributed by atoms with van der Waals surface area (Å²) in [6, 6.07) is 8.10. The van der Waals surface area contributed by atoms with Gasteiger partial charge in [0.25, 0.3) is 0 Å². The first kappa shape index (κ1) is 20.8. The number of carbonyl (C=O) groups excluding carboxylic acids is 1. The molecule has 0 unspecified atom stereocenters. The first-order valence-corrected chi connectivity index (χ1v) is 8.96. The zero-order valence-corrected chi connectivity index (χ0v) is 16.1. The Labute approximate surface area is 151 Å². The van der Waals surface area contributed by atoms with Crippen molar-refractivity contribution in [1.82, 2.24) is 15.5 Å². The number of hydrogen-bond acceptors (Lipinski definition) is 3. The number of ether oxygens (including phenoxy) is 1. The third-order valence-electron chi connectivity index (χ3n) is 3.55. The zero-order valence-electron chi connectivity index (χ0n) is 16.1. The van der Waals surface area contributed by atoms with Crippen molar-refractivity contribution in [3.8, 4) is 5.75 Å². The summed E-state index contributed by atoms with van der Waals surface area (Å²) < 4.78 is 5.47. The van der Waals surface area contributed by atoms with Gasteiger partial charge in [-0.05, 0) is 31.5 Å². The number of rotatable bonds is 9. The highest BCUT2D eigenvalue weighted by Crippen LogP contribution is 2.13. The van der Waals surface area contributed by atoms with Crippen LogP contribution in [0.5, 0.6) is 5.75 Å². The first-order valence-electron chi connectivity index (χ1n) is 8.96. The third kappa shape index (κ3) is 7.92. The summed E-state index contributed by atoms with van der Waals surface area (Å²) in [5.74, 6) is 1.77. The van der Waals surface area contributed by atoms with E-state index in [0.29, 0.717) is 19.7 Å². The third-order valence-corrected chi connectivity index (χ3v) is 3.55. The molecule has 6 nitrogen and oxygen atoms in total. The summed E-state index contributed by atoms with van der Waals surface area (Å²) in [5, 5.41) is 6.16. The van der Waals surface area contributed by atoms with Crippen LogP contribution in [0.4, 0.5) is 0 Å². The fourth-order valence-corrected chi connectivity index (χ4v) is 2.22. The van der Waals surface area contributed by atoms with Gasteiger partial charge in [0.15, 0.2) is 5.96 Å². The van der Waals surface area contributed by atoms with Gasteiger partial charge in [0.1, 0.15) is 5.75 Å². The maximum absolute atomic E-state index is 11.6. The number of benzene rings is 1. The zero-order chi connectivity index (χ0) is 18.7. The summed E-state index contributed by atoms with van der Waals surface area (Å²) in [6.45, 7) is 11.1. The number of aliphatic imine (C=N–C) groups is 1. The van der Waals surface area contributed by atoms with Crippen LogP contribution in [0.25, 0.3) is 0 Å². The average Bonchev–Trinajstić information content (AvgIpc) is 2.59. The largest absolute Gasteiger partial charge is 0.494 e. The van der Waals surface area contributed by atoms with Gasteiger partial charge in [-0.1, -0.05) is 26.0 Å². The Kier molecular flexibility index (Phi) is 9.43. The van der Waals surface area contributed by atoms with Gasteiger partial charge < -0.3 is 20.3 Å². The predicted octanol–water partition coefficient (Wildman–Crippen LogP) is 2.25. The van der Waals surface area contributed by atoms with Crippen LogP contribution in [-0.2, 0) is 11.3 Å². The van der Waals surface area contributed by atoms with E-state index in [4.69, 9.17) is 4.74 Å². The molecule has 0 radical (unpaired) electrons. The molecule has 1 amide bonds. The molecule has 0 aliphatic rings. The van der Waals surface area contributed by atoms with E-state index in [-0.39, 0.29) is 11.8 Å². The molecule has 0 aliphatic carbocycles. The predicted molar refractivity (Wildman–Crippen MR) is 103 cm³/mol. The number of guanidine groups is 1. The lowest BCUT2D eigenvalue weighted by molar-refractivity contribution is -0.123. The number of nitrogens with zero attached hydrogens (tertiary/aromatic N) is 2. The summed E-state index contributed by atoms with van der Waals surface area (Å²) in [5.41, 5.74) is 1.18. The minimum absolute atomic E-state index is 0.000417. The molecule has 25 heavy (non-hydrogen) atoms. The molecule has 0 fully saturated rings. The van der Waals surface area contributed by atoms with Crippen molar-refractivity contribution in [2.24, 2.45) is 10.9 Å². The molecule has 0 spiro atoms. The standard InChI is InChI=1S/C19H32N4O2/c1-6-20-19(22-13-12-21-18(24)15(3)4)23(5)14-16-8-10-17(11-9-16)25-7-2/h8-11,15H,6-7,12-14H2,1-5H3,(H,20,22)(H,21,24). The molecule has 0 aromatic heterocycles. The van der Waals surface area contributed by atoms with Crippen LogP contribution >= 0.6 is 0 Å². The van der Waals surface area contributed by atoms with Crippen LogP contribution in [-0.4, -0.2) is 50.1 Å². The molecule has 0 bridgehead atoms. The highest BCUT2D eigenvalue weighted by Gasteiger charge is 2.08. The van der Waals surface area contributed by atoms with Crippen molar-refractivity contribution in [3.63, 3.8) is 0 Å². The first-order chi connectivity index (χ1) is 12.0. The van der Waals surface area contributed by atoms with Crippen LogP contribution in [0.15, 0.2) is 29.3 Å². The van der Waals surface area contributed by atoms with Crippen molar-refractivity contribution in [2.45, 2.75) is 34.2 Å². The molecule has 0 aliphatic heterocycles. The highest BCUT2D eigenvalue weighted by molar-refractivity contribution is 5.80. The van der Waals surface area contributed by atoms with Crippen molar-refractivity contribution >= 4 is 11.9 Å². The van der Waals surface area contributed by atoms with E-state index in [1.54, 1.807) is 0 Å². The van der Waals surface area contributed by atoms with Gasteiger partial charge in [-0.2, -0.15) is 0 Å². The Morgan fingerprint density at radius 3 is 2.44 bits per heavy atom. The van der Waals surface area contributed by atoms with E-state index in [9.17, 15) is 4.79 Å². The van der Waals surface area contributed by atoms with Gasteiger partial charge in [0, 0.05) is 32.6 Å². The van der Waals surface area contributed by atoms with Crippen molar-refractivity contribution in [2.75, 3.05) is 33.3 Å². The number of hydrogen-bond donors (Lipinski definition) is 2. The summed E-state index contributed by atoms with van der Waals surface area (Å²) >= 11 is 0. The Bertz CT molecular complexity index is 541. The molecule has 1 aromatic carbocycles. The molecule has 2 N–H and O–H groups in total. The minimum Gasteiger partial charge on any atom is -0.494 e. The van der Waals surface area contributed by atoms with Crippen molar-refractivity contribution < 1.29 is 9.53 Å². The normalized spacial score (nSPS) is 11.4. The summed E-state index contributed by atoms with van der Waals surface area (Å²) in [6.07, 6.45) is 0. The van der Waals surface area contributed by atoms with Gasteiger partial charge >= 0.3 is 0 Å². The van der Waals surface area contributed by atoms with Gasteiger partial charge in [0.05, 0.1) is 13.2 Å². The molecule has 1 rings (SSSR count). The van der Waals surface area contributed by atoms with E-state index >= 15 is 0 Å². The molecule has 0 saturated carbocycles. The molecule has 0 saturated heterocycles. The number of nitrogens with one attached hydrogen (secondary N) is 2. The Hall–Kier alpha value is -2.24. The summed E-state index contributed by atoms with van der Waals surface area (Å²) in [4.78, 5) is 18.2. The lowest BCUT2D eigenvalue weighted by atomic mass is 10.2. The van der Waals surface area contributed by atoms with Crippen LogP contribution in [0, 0.1) is 5.92 Å².